The van der Waals surface area contributed by atoms with Gasteiger partial charge < -0.3 is 10.2 Å². The van der Waals surface area contributed by atoms with E-state index in [1.807, 2.05) is 29.6 Å². The fourth-order valence-electron chi connectivity index (χ4n) is 2.77. The van der Waals surface area contributed by atoms with Crippen LogP contribution in [0, 0.1) is 0 Å². The number of benzene rings is 1. The van der Waals surface area contributed by atoms with Gasteiger partial charge >= 0.3 is 0 Å². The number of hydrogen-bond donors (Lipinski definition) is 1. The quantitative estimate of drug-likeness (QED) is 0.921. The molecule has 1 aromatic carbocycles. The van der Waals surface area contributed by atoms with Crippen LogP contribution in [0.5, 0.6) is 0 Å². The molecule has 1 aromatic heterocycles. The molecular formula is C17H17ClN2O2S. The molecule has 1 aliphatic heterocycles. The van der Waals surface area contributed by atoms with Gasteiger partial charge in [0.05, 0.1) is 4.88 Å². The van der Waals surface area contributed by atoms with E-state index >= 15 is 0 Å². The maximum Gasteiger partial charge on any atom is 0.264 e. The smallest absolute Gasteiger partial charge is 0.264 e. The molecule has 1 atom stereocenters. The van der Waals surface area contributed by atoms with Gasteiger partial charge in [0.1, 0.15) is 6.04 Å². The lowest BCUT2D eigenvalue weighted by molar-refractivity contribution is -0.125. The molecule has 0 unspecified atom stereocenters. The molecule has 1 N–H and O–H groups in total. The number of amides is 2. The SMILES string of the molecule is O=C(NCc1ccccc1Cl)[C@@H]1CCCN1C(=O)c1cccs1. The largest absolute Gasteiger partial charge is 0.350 e. The second kappa shape index (κ2) is 7.15. The fraction of sp³-hybridized carbons (Fsp3) is 0.294. The predicted octanol–water partition coefficient (Wildman–Crippen LogP) is 3.32. The summed E-state index contributed by atoms with van der Waals surface area (Å²) in [7, 11) is 0. The zero-order valence-electron chi connectivity index (χ0n) is 12.5. The van der Waals surface area contributed by atoms with E-state index in [0.717, 1.165) is 12.0 Å². The summed E-state index contributed by atoms with van der Waals surface area (Å²) in [5.74, 6) is -0.178. The molecule has 0 radical (unpaired) electrons. The maximum atomic E-state index is 12.5. The van der Waals surface area contributed by atoms with E-state index < -0.39 is 6.04 Å². The Hall–Kier alpha value is -1.85. The number of carbonyl (C=O) groups excluding carboxylic acids is 2. The highest BCUT2D eigenvalue weighted by Gasteiger charge is 2.34. The molecule has 120 valence electrons. The molecule has 1 fully saturated rings. The number of likely N-dealkylation sites (tertiary alicyclic amines) is 1. The summed E-state index contributed by atoms with van der Waals surface area (Å²) in [6, 6.07) is 10.7. The Morgan fingerprint density at radius 2 is 2.09 bits per heavy atom. The first-order valence-electron chi connectivity index (χ1n) is 7.52. The van der Waals surface area contributed by atoms with Crippen LogP contribution in [-0.2, 0) is 11.3 Å². The summed E-state index contributed by atoms with van der Waals surface area (Å²) < 4.78 is 0. The van der Waals surface area contributed by atoms with E-state index in [9.17, 15) is 9.59 Å². The van der Waals surface area contributed by atoms with E-state index in [-0.39, 0.29) is 11.8 Å². The zero-order chi connectivity index (χ0) is 16.2. The number of carbonyl (C=O) groups is 2. The highest BCUT2D eigenvalue weighted by atomic mass is 35.5. The summed E-state index contributed by atoms with van der Waals surface area (Å²) in [6.45, 7) is 0.997. The van der Waals surface area contributed by atoms with E-state index in [1.165, 1.54) is 11.3 Å². The molecule has 2 heterocycles. The van der Waals surface area contributed by atoms with Crippen LogP contribution in [0.1, 0.15) is 28.1 Å². The Balaban J connectivity index is 1.64. The van der Waals surface area contributed by atoms with Crippen LogP contribution in [0.2, 0.25) is 5.02 Å². The molecule has 0 bridgehead atoms. The molecule has 3 rings (SSSR count). The molecular weight excluding hydrogens is 332 g/mol. The highest BCUT2D eigenvalue weighted by molar-refractivity contribution is 7.12. The highest BCUT2D eigenvalue weighted by Crippen LogP contribution is 2.22. The molecule has 2 aromatic rings. The molecule has 6 heteroatoms. The van der Waals surface area contributed by atoms with Gasteiger partial charge in [-0.2, -0.15) is 0 Å². The average molecular weight is 349 g/mol. The summed E-state index contributed by atoms with van der Waals surface area (Å²) in [5, 5.41) is 5.40. The van der Waals surface area contributed by atoms with Gasteiger partial charge in [0, 0.05) is 18.1 Å². The van der Waals surface area contributed by atoms with Gasteiger partial charge in [0.25, 0.3) is 5.91 Å². The van der Waals surface area contributed by atoms with Crippen LogP contribution in [0.25, 0.3) is 0 Å². The molecule has 0 saturated carbocycles. The van der Waals surface area contributed by atoms with Crippen LogP contribution in [0.3, 0.4) is 0 Å². The summed E-state index contributed by atoms with van der Waals surface area (Å²) in [4.78, 5) is 27.3. The number of nitrogens with zero attached hydrogens (tertiary/aromatic N) is 1. The summed E-state index contributed by atoms with van der Waals surface area (Å²) >= 11 is 7.50. The Kier molecular flexibility index (Phi) is 4.98. The van der Waals surface area contributed by atoms with Crippen molar-refractivity contribution in [2.24, 2.45) is 0 Å². The van der Waals surface area contributed by atoms with Crippen molar-refractivity contribution in [3.8, 4) is 0 Å². The molecule has 0 aliphatic carbocycles. The molecule has 1 saturated heterocycles. The van der Waals surface area contributed by atoms with Crippen molar-refractivity contribution in [1.29, 1.82) is 0 Å². The molecule has 4 nitrogen and oxygen atoms in total. The van der Waals surface area contributed by atoms with E-state index in [0.29, 0.717) is 29.4 Å². The Bertz CT molecular complexity index is 702. The molecule has 1 aliphatic rings. The lowest BCUT2D eigenvalue weighted by Crippen LogP contribution is -2.45. The second-order valence-electron chi connectivity index (χ2n) is 5.44. The summed E-state index contributed by atoms with van der Waals surface area (Å²) in [5.41, 5.74) is 0.872. The van der Waals surface area contributed by atoms with Crippen LogP contribution < -0.4 is 5.32 Å². The summed E-state index contributed by atoms with van der Waals surface area (Å²) in [6.07, 6.45) is 1.55. The first-order valence-corrected chi connectivity index (χ1v) is 8.78. The predicted molar refractivity (Wildman–Crippen MR) is 91.7 cm³/mol. The van der Waals surface area contributed by atoms with Crippen LogP contribution in [0.4, 0.5) is 0 Å². The number of halogens is 1. The Morgan fingerprint density at radius 1 is 1.26 bits per heavy atom. The topological polar surface area (TPSA) is 49.4 Å². The van der Waals surface area contributed by atoms with Crippen LogP contribution in [0.15, 0.2) is 41.8 Å². The monoisotopic (exact) mass is 348 g/mol. The number of hydrogen-bond acceptors (Lipinski definition) is 3. The standard InChI is InChI=1S/C17H17ClN2O2S/c18-13-6-2-1-5-12(13)11-19-16(21)14-7-3-9-20(14)17(22)15-8-4-10-23-15/h1-2,4-6,8,10,14H,3,7,9,11H2,(H,19,21)/t14-/m0/s1. The van der Waals surface area contributed by atoms with Crippen molar-refractivity contribution in [3.05, 3.63) is 57.2 Å². The van der Waals surface area contributed by atoms with E-state index in [4.69, 9.17) is 11.6 Å². The van der Waals surface area contributed by atoms with Gasteiger partial charge in [-0.1, -0.05) is 35.9 Å². The number of rotatable bonds is 4. The zero-order valence-corrected chi connectivity index (χ0v) is 14.1. The minimum absolute atomic E-state index is 0.0598. The third-order valence-corrected chi connectivity index (χ3v) is 5.19. The maximum absolute atomic E-state index is 12.5. The lowest BCUT2D eigenvalue weighted by Gasteiger charge is -2.23. The van der Waals surface area contributed by atoms with Crippen molar-refractivity contribution < 1.29 is 9.59 Å². The molecule has 2 amide bonds. The molecule has 0 spiro atoms. The normalized spacial score (nSPS) is 17.3. The van der Waals surface area contributed by atoms with Crippen molar-refractivity contribution in [1.82, 2.24) is 10.2 Å². The minimum atomic E-state index is -0.396. The van der Waals surface area contributed by atoms with Gasteiger partial charge in [-0.3, -0.25) is 9.59 Å². The van der Waals surface area contributed by atoms with E-state index in [1.54, 1.807) is 17.0 Å². The molecule has 23 heavy (non-hydrogen) atoms. The third-order valence-electron chi connectivity index (χ3n) is 3.96. The first kappa shape index (κ1) is 16.0. The van der Waals surface area contributed by atoms with Crippen LogP contribution in [-0.4, -0.2) is 29.3 Å². The third kappa shape index (κ3) is 3.57. The van der Waals surface area contributed by atoms with Gasteiger partial charge in [-0.15, -0.1) is 11.3 Å². The fourth-order valence-corrected chi connectivity index (χ4v) is 3.65. The Labute approximate surface area is 144 Å². The number of thiophene rings is 1. The number of nitrogens with one attached hydrogen (secondary N) is 1. The van der Waals surface area contributed by atoms with E-state index in [2.05, 4.69) is 5.32 Å². The van der Waals surface area contributed by atoms with Crippen molar-refractivity contribution >= 4 is 34.8 Å². The van der Waals surface area contributed by atoms with Crippen molar-refractivity contribution in [3.63, 3.8) is 0 Å². The van der Waals surface area contributed by atoms with Gasteiger partial charge in [0.2, 0.25) is 5.91 Å². The minimum Gasteiger partial charge on any atom is -0.350 e. The Morgan fingerprint density at radius 3 is 2.83 bits per heavy atom. The van der Waals surface area contributed by atoms with Crippen molar-refractivity contribution in [2.45, 2.75) is 25.4 Å². The van der Waals surface area contributed by atoms with Gasteiger partial charge in [-0.05, 0) is 35.9 Å². The van der Waals surface area contributed by atoms with Crippen LogP contribution >= 0.6 is 22.9 Å². The average Bonchev–Trinajstić information content (AvgIpc) is 3.24. The van der Waals surface area contributed by atoms with Gasteiger partial charge in [-0.25, -0.2) is 0 Å². The second-order valence-corrected chi connectivity index (χ2v) is 6.80. The van der Waals surface area contributed by atoms with Gasteiger partial charge in [0.15, 0.2) is 0 Å². The van der Waals surface area contributed by atoms with Crippen molar-refractivity contribution in [2.75, 3.05) is 6.54 Å². The lowest BCUT2D eigenvalue weighted by atomic mass is 10.2. The first-order chi connectivity index (χ1) is 11.2.